The molecule has 1 N–H and O–H groups in total. The van der Waals surface area contributed by atoms with Crippen LogP contribution in [0.2, 0.25) is 0 Å². The molecule has 0 radical (unpaired) electrons. The molecule has 7 nitrogen and oxygen atoms in total. The molecule has 1 atom stereocenters. The summed E-state index contributed by atoms with van der Waals surface area (Å²) >= 11 is 1.45. The first kappa shape index (κ1) is 15.3. The standard InChI is InChI=1S/C16H19N5O2S/c1-9-3-6-12(24-9)16(23)21-8-7-20-10(2)18-19-14(20)13(21)15(22)17-11-4-5-11/h3,6,11,13H,4-5,7-8H2,1-2H3,(H,17,22). The molecule has 24 heavy (non-hydrogen) atoms. The number of rotatable bonds is 3. The highest BCUT2D eigenvalue weighted by atomic mass is 32.1. The number of aromatic nitrogens is 3. The molecule has 2 aromatic heterocycles. The summed E-state index contributed by atoms with van der Waals surface area (Å²) in [5.41, 5.74) is 0. The van der Waals surface area contributed by atoms with Crippen LogP contribution in [0, 0.1) is 13.8 Å². The van der Waals surface area contributed by atoms with E-state index >= 15 is 0 Å². The predicted molar refractivity (Wildman–Crippen MR) is 88.8 cm³/mol. The van der Waals surface area contributed by atoms with Crippen LogP contribution in [0.3, 0.4) is 0 Å². The lowest BCUT2D eigenvalue weighted by Crippen LogP contribution is -2.49. The average molecular weight is 345 g/mol. The molecular weight excluding hydrogens is 326 g/mol. The molecule has 0 aromatic carbocycles. The van der Waals surface area contributed by atoms with Crippen molar-refractivity contribution in [2.75, 3.05) is 6.54 Å². The number of fused-ring (bicyclic) bond motifs is 1. The number of nitrogens with one attached hydrogen (secondary N) is 1. The van der Waals surface area contributed by atoms with E-state index in [9.17, 15) is 9.59 Å². The van der Waals surface area contributed by atoms with Crippen LogP contribution in [0.15, 0.2) is 12.1 Å². The Labute approximate surface area is 143 Å². The van der Waals surface area contributed by atoms with Crippen LogP contribution >= 0.6 is 11.3 Å². The Hall–Kier alpha value is -2.22. The van der Waals surface area contributed by atoms with Gasteiger partial charge < -0.3 is 14.8 Å². The summed E-state index contributed by atoms with van der Waals surface area (Å²) in [6.45, 7) is 4.92. The lowest BCUT2D eigenvalue weighted by atomic mass is 10.1. The van der Waals surface area contributed by atoms with E-state index in [0.29, 0.717) is 23.8 Å². The van der Waals surface area contributed by atoms with Crippen molar-refractivity contribution in [2.24, 2.45) is 0 Å². The molecule has 1 saturated carbocycles. The molecule has 4 rings (SSSR count). The van der Waals surface area contributed by atoms with Crippen molar-refractivity contribution in [3.05, 3.63) is 33.5 Å². The molecule has 2 amide bonds. The Morgan fingerprint density at radius 1 is 1.21 bits per heavy atom. The minimum Gasteiger partial charge on any atom is -0.351 e. The minimum atomic E-state index is -0.713. The summed E-state index contributed by atoms with van der Waals surface area (Å²) in [7, 11) is 0. The van der Waals surface area contributed by atoms with E-state index in [4.69, 9.17) is 0 Å². The second-order valence-electron chi connectivity index (χ2n) is 6.35. The van der Waals surface area contributed by atoms with E-state index in [1.165, 1.54) is 11.3 Å². The first-order chi connectivity index (χ1) is 11.5. The first-order valence-corrected chi connectivity index (χ1v) is 8.93. The van der Waals surface area contributed by atoms with Crippen molar-refractivity contribution >= 4 is 23.2 Å². The fourth-order valence-corrected chi connectivity index (χ4v) is 3.85. The lowest BCUT2D eigenvalue weighted by Gasteiger charge is -2.34. The number of thiophene rings is 1. The second-order valence-corrected chi connectivity index (χ2v) is 7.64. The Bertz CT molecular complexity index is 807. The molecule has 2 aliphatic rings. The van der Waals surface area contributed by atoms with Crippen LogP contribution in [-0.2, 0) is 11.3 Å². The van der Waals surface area contributed by atoms with Gasteiger partial charge in [-0.1, -0.05) is 0 Å². The molecule has 3 heterocycles. The van der Waals surface area contributed by atoms with E-state index in [1.54, 1.807) is 4.90 Å². The van der Waals surface area contributed by atoms with Gasteiger partial charge in [-0.3, -0.25) is 9.59 Å². The molecule has 1 aliphatic carbocycles. The maximum absolute atomic E-state index is 12.9. The van der Waals surface area contributed by atoms with E-state index in [0.717, 1.165) is 23.5 Å². The molecule has 8 heteroatoms. The third kappa shape index (κ3) is 2.60. The number of carbonyl (C=O) groups is 2. The normalized spacial score (nSPS) is 19.9. The number of hydrogen-bond acceptors (Lipinski definition) is 5. The topological polar surface area (TPSA) is 80.1 Å². The van der Waals surface area contributed by atoms with Gasteiger partial charge >= 0.3 is 0 Å². The van der Waals surface area contributed by atoms with E-state index in [1.807, 2.05) is 30.5 Å². The summed E-state index contributed by atoms with van der Waals surface area (Å²) in [5.74, 6) is 1.05. The summed E-state index contributed by atoms with van der Waals surface area (Å²) < 4.78 is 1.93. The van der Waals surface area contributed by atoms with E-state index in [2.05, 4.69) is 15.5 Å². The van der Waals surface area contributed by atoms with Crippen molar-refractivity contribution < 1.29 is 9.59 Å². The smallest absolute Gasteiger partial charge is 0.265 e. The Balaban J connectivity index is 1.69. The highest BCUT2D eigenvalue weighted by Crippen LogP contribution is 2.30. The maximum Gasteiger partial charge on any atom is 0.265 e. The molecule has 1 aliphatic heterocycles. The third-order valence-electron chi connectivity index (χ3n) is 4.47. The van der Waals surface area contributed by atoms with Gasteiger partial charge in [0.05, 0.1) is 4.88 Å². The monoisotopic (exact) mass is 345 g/mol. The number of hydrogen-bond donors (Lipinski definition) is 1. The first-order valence-electron chi connectivity index (χ1n) is 8.12. The summed E-state index contributed by atoms with van der Waals surface area (Å²) in [5, 5.41) is 11.3. The molecule has 126 valence electrons. The molecule has 2 aromatic rings. The molecule has 1 fully saturated rings. The molecule has 0 saturated heterocycles. The maximum atomic E-state index is 12.9. The van der Waals surface area contributed by atoms with Gasteiger partial charge in [0, 0.05) is 24.0 Å². The van der Waals surface area contributed by atoms with E-state index < -0.39 is 6.04 Å². The van der Waals surface area contributed by atoms with Gasteiger partial charge in [0.25, 0.3) is 11.8 Å². The van der Waals surface area contributed by atoms with Gasteiger partial charge in [-0.05, 0) is 38.8 Å². The summed E-state index contributed by atoms with van der Waals surface area (Å²) in [6.07, 6.45) is 2.00. The molecule has 1 unspecified atom stereocenters. The van der Waals surface area contributed by atoms with Crippen LogP contribution in [0.5, 0.6) is 0 Å². The van der Waals surface area contributed by atoms with Crippen LogP contribution in [0.1, 0.15) is 45.1 Å². The SMILES string of the molecule is Cc1ccc(C(=O)N2CCn3c(C)nnc3C2C(=O)NC2CC2)s1. The van der Waals surface area contributed by atoms with Crippen LogP contribution < -0.4 is 5.32 Å². The lowest BCUT2D eigenvalue weighted by molar-refractivity contribution is -0.127. The third-order valence-corrected chi connectivity index (χ3v) is 5.46. The number of nitrogens with zero attached hydrogens (tertiary/aromatic N) is 4. The zero-order valence-corrected chi connectivity index (χ0v) is 14.5. The Morgan fingerprint density at radius 3 is 2.67 bits per heavy atom. The van der Waals surface area contributed by atoms with Gasteiger partial charge in [0.2, 0.25) is 0 Å². The highest BCUT2D eigenvalue weighted by molar-refractivity contribution is 7.13. The molecule has 0 spiro atoms. The molecular formula is C16H19N5O2S. The van der Waals surface area contributed by atoms with Crippen molar-refractivity contribution in [1.29, 1.82) is 0 Å². The van der Waals surface area contributed by atoms with Crippen molar-refractivity contribution in [1.82, 2.24) is 25.0 Å². The van der Waals surface area contributed by atoms with Crippen LogP contribution in [0.25, 0.3) is 0 Å². The summed E-state index contributed by atoms with van der Waals surface area (Å²) in [4.78, 5) is 29.1. The van der Waals surface area contributed by atoms with E-state index in [-0.39, 0.29) is 17.9 Å². The van der Waals surface area contributed by atoms with Gasteiger partial charge in [0.1, 0.15) is 5.82 Å². The Morgan fingerprint density at radius 2 is 2.00 bits per heavy atom. The van der Waals surface area contributed by atoms with Crippen molar-refractivity contribution in [3.8, 4) is 0 Å². The largest absolute Gasteiger partial charge is 0.351 e. The minimum absolute atomic E-state index is 0.115. The van der Waals surface area contributed by atoms with Crippen LogP contribution in [-0.4, -0.2) is 44.1 Å². The quantitative estimate of drug-likeness (QED) is 0.913. The van der Waals surface area contributed by atoms with Crippen LogP contribution in [0.4, 0.5) is 0 Å². The highest BCUT2D eigenvalue weighted by Gasteiger charge is 2.41. The Kier molecular flexibility index (Phi) is 3.64. The molecule has 0 bridgehead atoms. The van der Waals surface area contributed by atoms with Crippen molar-refractivity contribution in [3.63, 3.8) is 0 Å². The zero-order valence-electron chi connectivity index (χ0n) is 13.7. The van der Waals surface area contributed by atoms with Gasteiger partial charge in [0.15, 0.2) is 11.9 Å². The number of aryl methyl sites for hydroxylation is 2. The fraction of sp³-hybridized carbons (Fsp3) is 0.500. The number of amides is 2. The van der Waals surface area contributed by atoms with Gasteiger partial charge in [-0.15, -0.1) is 21.5 Å². The summed E-state index contributed by atoms with van der Waals surface area (Å²) in [6, 6.07) is 3.27. The van der Waals surface area contributed by atoms with Gasteiger partial charge in [-0.25, -0.2) is 0 Å². The van der Waals surface area contributed by atoms with Gasteiger partial charge in [-0.2, -0.15) is 0 Å². The number of carbonyl (C=O) groups excluding carboxylic acids is 2. The predicted octanol–water partition coefficient (Wildman–Crippen LogP) is 1.43. The zero-order chi connectivity index (χ0) is 16.8. The average Bonchev–Trinajstić information content (AvgIpc) is 3.14. The second kappa shape index (κ2) is 5.70. The van der Waals surface area contributed by atoms with Crippen molar-refractivity contribution in [2.45, 2.75) is 45.3 Å². The fourth-order valence-electron chi connectivity index (χ4n) is 3.03.